The summed E-state index contributed by atoms with van der Waals surface area (Å²) in [6, 6.07) is 0.715. The maximum Gasteiger partial charge on any atom is 0.336 e. The van der Waals surface area contributed by atoms with Gasteiger partial charge >= 0.3 is 17.9 Å². The number of ketones is 1. The zero-order valence-electron chi connectivity index (χ0n) is 12.1. The highest BCUT2D eigenvalue weighted by molar-refractivity contribution is 6.17. The number of carboxylic acid groups (broad SMARTS) is 3. The predicted molar refractivity (Wildman–Crippen MR) is 77.3 cm³/mol. The summed E-state index contributed by atoms with van der Waals surface area (Å²) in [5, 5.41) is 36.8. The van der Waals surface area contributed by atoms with E-state index in [2.05, 4.69) is 6.58 Å². The third kappa shape index (κ3) is 3.43. The Morgan fingerprint density at radius 1 is 0.957 bits per heavy atom. The number of Topliss-reactive ketones (excluding diaryl/α,β-unsaturated/α-hetero) is 1. The lowest BCUT2D eigenvalue weighted by atomic mass is 9.87. The zero-order valence-corrected chi connectivity index (χ0v) is 12.1. The molecule has 0 aliphatic carbocycles. The molecule has 4 N–H and O–H groups in total. The van der Waals surface area contributed by atoms with Gasteiger partial charge in [0.05, 0.1) is 16.7 Å². The minimum absolute atomic E-state index is 0.0399. The van der Waals surface area contributed by atoms with Crippen molar-refractivity contribution in [2.24, 2.45) is 0 Å². The Bertz CT molecular complexity index is 729. The molecule has 0 heterocycles. The number of rotatable bonds is 7. The maximum absolute atomic E-state index is 12.1. The molecule has 122 valence electrons. The Labute approximate surface area is 130 Å². The first kappa shape index (κ1) is 18.1. The van der Waals surface area contributed by atoms with Crippen molar-refractivity contribution < 1.29 is 39.6 Å². The highest BCUT2D eigenvalue weighted by Gasteiger charge is 2.30. The fourth-order valence-corrected chi connectivity index (χ4v) is 2.17. The van der Waals surface area contributed by atoms with Crippen molar-refractivity contribution in [3.8, 4) is 0 Å². The summed E-state index contributed by atoms with van der Waals surface area (Å²) in [4.78, 5) is 46.3. The lowest BCUT2D eigenvalue weighted by molar-refractivity contribution is 0.0646. The Morgan fingerprint density at radius 3 is 1.78 bits per heavy atom. The zero-order chi connectivity index (χ0) is 17.9. The monoisotopic (exact) mass is 322 g/mol. The number of benzene rings is 1. The summed E-state index contributed by atoms with van der Waals surface area (Å²) < 4.78 is 0. The average Bonchev–Trinajstić information content (AvgIpc) is 2.44. The van der Waals surface area contributed by atoms with Crippen LogP contribution in [0.3, 0.4) is 0 Å². The van der Waals surface area contributed by atoms with Crippen LogP contribution in [0.1, 0.15) is 53.9 Å². The second kappa shape index (κ2) is 6.84. The molecule has 0 unspecified atom stereocenters. The van der Waals surface area contributed by atoms with Crippen LogP contribution < -0.4 is 0 Å². The molecule has 0 amide bonds. The van der Waals surface area contributed by atoms with Gasteiger partial charge in [-0.05, 0) is 30.5 Å². The first-order chi connectivity index (χ1) is 10.6. The normalized spacial score (nSPS) is 10.2. The van der Waals surface area contributed by atoms with Gasteiger partial charge in [-0.25, -0.2) is 14.4 Å². The quantitative estimate of drug-likeness (QED) is 0.430. The van der Waals surface area contributed by atoms with Crippen molar-refractivity contribution >= 4 is 23.7 Å². The van der Waals surface area contributed by atoms with Gasteiger partial charge in [0.2, 0.25) is 0 Å². The van der Waals surface area contributed by atoms with E-state index in [1.54, 1.807) is 0 Å². The van der Waals surface area contributed by atoms with E-state index in [0.717, 1.165) is 0 Å². The molecule has 0 radical (unpaired) electrons. The second-order valence-electron chi connectivity index (χ2n) is 4.70. The van der Waals surface area contributed by atoms with E-state index in [0.29, 0.717) is 6.07 Å². The lowest BCUT2D eigenvalue weighted by Gasteiger charge is -2.16. The smallest absolute Gasteiger partial charge is 0.336 e. The van der Waals surface area contributed by atoms with E-state index in [4.69, 9.17) is 5.11 Å². The summed E-state index contributed by atoms with van der Waals surface area (Å²) in [5.41, 5.74) is -3.07. The van der Waals surface area contributed by atoms with Crippen LogP contribution in [0.5, 0.6) is 0 Å². The number of aromatic carboxylic acids is 3. The van der Waals surface area contributed by atoms with E-state index in [1.807, 2.05) is 0 Å². The van der Waals surface area contributed by atoms with Crippen LogP contribution in [0.4, 0.5) is 0 Å². The number of allylic oxidation sites excluding steroid dienone is 1. The number of carbonyl (C=O) groups excluding carboxylic acids is 1. The maximum atomic E-state index is 12.1. The average molecular weight is 322 g/mol. The lowest BCUT2D eigenvalue weighted by Crippen LogP contribution is -2.21. The Morgan fingerprint density at radius 2 is 1.43 bits per heavy atom. The van der Waals surface area contributed by atoms with Gasteiger partial charge in [0, 0.05) is 12.2 Å². The summed E-state index contributed by atoms with van der Waals surface area (Å²) in [6.45, 7) is 4.07. The predicted octanol–water partition coefficient (Wildman–Crippen LogP) is 1.07. The minimum Gasteiger partial charge on any atom is -0.478 e. The summed E-state index contributed by atoms with van der Waals surface area (Å²) in [5.74, 6) is -5.71. The highest BCUT2D eigenvalue weighted by Crippen LogP contribution is 2.27. The molecule has 1 rings (SSSR count). The van der Waals surface area contributed by atoms with Gasteiger partial charge in [0.15, 0.2) is 5.78 Å². The summed E-state index contributed by atoms with van der Waals surface area (Å²) in [6.07, 6.45) is -0.430. The van der Waals surface area contributed by atoms with Gasteiger partial charge in [0.25, 0.3) is 0 Å². The van der Waals surface area contributed by atoms with Crippen LogP contribution in [-0.4, -0.2) is 50.7 Å². The molecule has 0 aliphatic heterocycles. The number of carbonyl (C=O) groups is 4. The SMILES string of the molecule is C=C(C)C(=O)c1cc(C(=O)O)c(C(=O)O)c(CCO)c1C(=O)O. The molecule has 0 saturated heterocycles. The Kier molecular flexibility index (Phi) is 5.37. The van der Waals surface area contributed by atoms with Gasteiger partial charge in [-0.2, -0.15) is 0 Å². The van der Waals surface area contributed by atoms with Crippen LogP contribution in [-0.2, 0) is 6.42 Å². The number of aliphatic hydroxyl groups excluding tert-OH is 1. The van der Waals surface area contributed by atoms with Crippen molar-refractivity contribution in [2.45, 2.75) is 13.3 Å². The molecule has 0 fully saturated rings. The van der Waals surface area contributed by atoms with Crippen molar-refractivity contribution in [1.29, 1.82) is 0 Å². The fraction of sp³-hybridized carbons (Fsp3) is 0.200. The van der Waals surface area contributed by atoms with E-state index in [9.17, 15) is 34.5 Å². The van der Waals surface area contributed by atoms with E-state index in [1.165, 1.54) is 6.92 Å². The molecule has 1 aromatic carbocycles. The number of aliphatic hydroxyl groups is 1. The fourth-order valence-electron chi connectivity index (χ4n) is 2.17. The molecule has 23 heavy (non-hydrogen) atoms. The van der Waals surface area contributed by atoms with E-state index in [-0.39, 0.29) is 5.57 Å². The van der Waals surface area contributed by atoms with Crippen LogP contribution in [0.2, 0.25) is 0 Å². The van der Waals surface area contributed by atoms with Crippen LogP contribution >= 0.6 is 0 Å². The first-order valence-corrected chi connectivity index (χ1v) is 6.34. The van der Waals surface area contributed by atoms with Crippen LogP contribution in [0.15, 0.2) is 18.2 Å². The standard InChI is InChI=1S/C15H14O8/c1-6(2)12(17)8-5-9(13(18)19)11(15(22)23)7(3-4-16)10(8)14(20)21/h5,16H,1,3-4H2,2H3,(H,18,19)(H,20,21)(H,22,23). The van der Waals surface area contributed by atoms with Gasteiger partial charge in [-0.15, -0.1) is 0 Å². The molecule has 0 atom stereocenters. The van der Waals surface area contributed by atoms with Gasteiger partial charge < -0.3 is 20.4 Å². The van der Waals surface area contributed by atoms with Crippen molar-refractivity contribution in [3.63, 3.8) is 0 Å². The Hall–Kier alpha value is -3.00. The number of hydrogen-bond donors (Lipinski definition) is 4. The summed E-state index contributed by atoms with van der Waals surface area (Å²) in [7, 11) is 0. The molecular weight excluding hydrogens is 308 g/mol. The molecule has 8 heteroatoms. The van der Waals surface area contributed by atoms with E-state index >= 15 is 0 Å². The van der Waals surface area contributed by atoms with Crippen molar-refractivity contribution in [1.82, 2.24) is 0 Å². The topological polar surface area (TPSA) is 149 Å². The van der Waals surface area contributed by atoms with E-state index < -0.39 is 64.5 Å². The van der Waals surface area contributed by atoms with Crippen LogP contribution in [0, 0.1) is 0 Å². The molecular formula is C15H14O8. The first-order valence-electron chi connectivity index (χ1n) is 6.34. The molecule has 0 saturated carbocycles. The number of hydrogen-bond acceptors (Lipinski definition) is 5. The van der Waals surface area contributed by atoms with Crippen LogP contribution in [0.25, 0.3) is 0 Å². The molecule has 0 bridgehead atoms. The highest BCUT2D eigenvalue weighted by atomic mass is 16.4. The molecule has 0 aromatic heterocycles. The van der Waals surface area contributed by atoms with Gasteiger partial charge in [0.1, 0.15) is 0 Å². The molecule has 1 aromatic rings. The largest absolute Gasteiger partial charge is 0.478 e. The van der Waals surface area contributed by atoms with Crippen molar-refractivity contribution in [3.05, 3.63) is 46.0 Å². The van der Waals surface area contributed by atoms with Crippen molar-refractivity contribution in [2.75, 3.05) is 6.61 Å². The summed E-state index contributed by atoms with van der Waals surface area (Å²) >= 11 is 0. The molecule has 0 spiro atoms. The van der Waals surface area contributed by atoms with Gasteiger partial charge in [-0.1, -0.05) is 6.58 Å². The second-order valence-corrected chi connectivity index (χ2v) is 4.70. The number of carboxylic acids is 3. The molecule has 8 nitrogen and oxygen atoms in total. The molecule has 0 aliphatic rings. The third-order valence-corrected chi connectivity index (χ3v) is 3.08. The Balaban J connectivity index is 4.03. The van der Waals surface area contributed by atoms with Gasteiger partial charge in [-0.3, -0.25) is 4.79 Å². The third-order valence-electron chi connectivity index (χ3n) is 3.08. The minimum atomic E-state index is -1.66.